The summed E-state index contributed by atoms with van der Waals surface area (Å²) < 4.78 is 14.1. The van der Waals surface area contributed by atoms with Crippen LogP contribution in [0.4, 0.5) is 4.39 Å². The maximum atomic E-state index is 14.1. The van der Waals surface area contributed by atoms with Gasteiger partial charge >= 0.3 is 0 Å². The van der Waals surface area contributed by atoms with Crippen LogP contribution in [0.2, 0.25) is 0 Å². The first-order chi connectivity index (χ1) is 14.2. The van der Waals surface area contributed by atoms with Crippen molar-refractivity contribution in [1.82, 2.24) is 0 Å². The molecule has 4 rings (SSSR count). The van der Waals surface area contributed by atoms with E-state index in [4.69, 9.17) is 0 Å². The molecule has 2 aliphatic rings. The molecule has 2 saturated carbocycles. The summed E-state index contributed by atoms with van der Waals surface area (Å²) in [5, 5.41) is 11.0. The molecule has 0 bridgehead atoms. The van der Waals surface area contributed by atoms with E-state index in [1.165, 1.54) is 88.7 Å². The number of rotatable bonds is 6. The number of benzene rings is 2. The molecule has 0 aromatic heterocycles. The molecule has 2 aromatic rings. The zero-order valence-corrected chi connectivity index (χ0v) is 18.0. The molecular formula is C27H37FO. The van der Waals surface area contributed by atoms with Gasteiger partial charge < -0.3 is 5.11 Å². The average molecular weight is 397 g/mol. The third-order valence-corrected chi connectivity index (χ3v) is 7.97. The zero-order chi connectivity index (χ0) is 20.2. The molecule has 1 nitrogen and oxygen atoms in total. The summed E-state index contributed by atoms with van der Waals surface area (Å²) in [6.45, 7) is 2.30. The third-order valence-electron chi connectivity index (χ3n) is 7.97. The van der Waals surface area contributed by atoms with Gasteiger partial charge in [0.25, 0.3) is 0 Å². The van der Waals surface area contributed by atoms with Crippen LogP contribution in [0.3, 0.4) is 0 Å². The van der Waals surface area contributed by atoms with Gasteiger partial charge in [0.1, 0.15) is 0 Å². The molecule has 0 saturated heterocycles. The van der Waals surface area contributed by atoms with E-state index in [1.54, 1.807) is 0 Å². The summed E-state index contributed by atoms with van der Waals surface area (Å²) in [6.07, 6.45) is 16.8. The lowest BCUT2D eigenvalue weighted by Crippen LogP contribution is -2.25. The second kappa shape index (κ2) is 9.49. The number of phenols is 1. The van der Waals surface area contributed by atoms with E-state index >= 15 is 0 Å². The first kappa shape index (κ1) is 20.7. The van der Waals surface area contributed by atoms with Crippen LogP contribution in [-0.2, 0) is 0 Å². The molecule has 2 fully saturated rings. The van der Waals surface area contributed by atoms with Crippen molar-refractivity contribution in [2.24, 2.45) is 17.8 Å². The summed E-state index contributed by atoms with van der Waals surface area (Å²) in [7, 11) is 0. The van der Waals surface area contributed by atoms with Crippen molar-refractivity contribution in [3.8, 4) is 5.75 Å². The van der Waals surface area contributed by atoms with E-state index in [0.29, 0.717) is 11.3 Å². The molecule has 0 atom stereocenters. The van der Waals surface area contributed by atoms with Crippen LogP contribution in [0.25, 0.3) is 10.8 Å². The second-order valence-corrected chi connectivity index (χ2v) is 9.77. The minimum absolute atomic E-state index is 0.258. The quantitative estimate of drug-likeness (QED) is 0.486. The van der Waals surface area contributed by atoms with Gasteiger partial charge in [-0.1, -0.05) is 69.7 Å². The van der Waals surface area contributed by atoms with E-state index in [-0.39, 0.29) is 5.75 Å². The monoisotopic (exact) mass is 396 g/mol. The smallest absolute Gasteiger partial charge is 0.172 e. The van der Waals surface area contributed by atoms with Crippen molar-refractivity contribution in [3.05, 3.63) is 41.7 Å². The number of fused-ring (bicyclic) bond motifs is 1. The second-order valence-electron chi connectivity index (χ2n) is 9.77. The maximum absolute atomic E-state index is 14.1. The minimum Gasteiger partial charge on any atom is -0.505 e. The molecule has 2 heteroatoms. The van der Waals surface area contributed by atoms with Gasteiger partial charge in [0, 0.05) is 5.39 Å². The molecule has 0 radical (unpaired) electrons. The summed E-state index contributed by atoms with van der Waals surface area (Å²) in [5.74, 6) is 2.75. The fourth-order valence-corrected chi connectivity index (χ4v) is 6.11. The standard InChI is InChI=1S/C27H37FO/c1-2-3-4-5-19-6-8-20(9-7-19)21-10-12-22(13-11-21)23-14-16-25-24(18-23)15-17-26(29)27(25)28/h14-22,29H,2-13H2,1H3. The Morgan fingerprint density at radius 1 is 0.862 bits per heavy atom. The predicted octanol–water partition coefficient (Wildman–Crippen LogP) is 8.35. The Hall–Kier alpha value is -1.57. The molecule has 2 aromatic carbocycles. The molecule has 2 aliphatic carbocycles. The Morgan fingerprint density at radius 3 is 2.24 bits per heavy atom. The van der Waals surface area contributed by atoms with Crippen LogP contribution in [0.15, 0.2) is 30.3 Å². The normalized spacial score (nSPS) is 27.9. The topological polar surface area (TPSA) is 20.2 Å². The molecule has 29 heavy (non-hydrogen) atoms. The highest BCUT2D eigenvalue weighted by atomic mass is 19.1. The Bertz CT molecular complexity index is 798. The van der Waals surface area contributed by atoms with Crippen molar-refractivity contribution in [2.75, 3.05) is 0 Å². The van der Waals surface area contributed by atoms with Crippen LogP contribution >= 0.6 is 0 Å². The van der Waals surface area contributed by atoms with Crippen molar-refractivity contribution >= 4 is 10.8 Å². The van der Waals surface area contributed by atoms with E-state index in [2.05, 4.69) is 19.1 Å². The number of hydrogen-bond donors (Lipinski definition) is 1. The van der Waals surface area contributed by atoms with Crippen molar-refractivity contribution in [1.29, 1.82) is 0 Å². The Morgan fingerprint density at radius 2 is 1.55 bits per heavy atom. The van der Waals surface area contributed by atoms with E-state index in [1.807, 2.05) is 12.1 Å². The summed E-state index contributed by atoms with van der Waals surface area (Å²) in [4.78, 5) is 0. The van der Waals surface area contributed by atoms with Crippen LogP contribution in [0.5, 0.6) is 5.75 Å². The highest BCUT2D eigenvalue weighted by Crippen LogP contribution is 2.45. The predicted molar refractivity (Wildman–Crippen MR) is 120 cm³/mol. The van der Waals surface area contributed by atoms with Crippen LogP contribution in [0, 0.1) is 23.6 Å². The third kappa shape index (κ3) is 4.78. The van der Waals surface area contributed by atoms with Gasteiger partial charge in [-0.3, -0.25) is 0 Å². The molecule has 0 amide bonds. The summed E-state index contributed by atoms with van der Waals surface area (Å²) >= 11 is 0. The minimum atomic E-state index is -0.497. The lowest BCUT2D eigenvalue weighted by Gasteiger charge is -2.38. The van der Waals surface area contributed by atoms with Gasteiger partial charge in [0.2, 0.25) is 0 Å². The van der Waals surface area contributed by atoms with Crippen molar-refractivity contribution in [3.63, 3.8) is 0 Å². The Kier molecular flexibility index (Phi) is 6.77. The Labute approximate surface area is 175 Å². The first-order valence-electron chi connectivity index (χ1n) is 12.1. The highest BCUT2D eigenvalue weighted by Gasteiger charge is 2.31. The number of phenolic OH excluding ortho intramolecular Hbond substituents is 1. The average Bonchev–Trinajstić information content (AvgIpc) is 2.77. The summed E-state index contributed by atoms with van der Waals surface area (Å²) in [6, 6.07) is 9.38. The van der Waals surface area contributed by atoms with Crippen molar-refractivity contribution < 1.29 is 9.50 Å². The molecule has 0 heterocycles. The van der Waals surface area contributed by atoms with Gasteiger partial charge in [-0.2, -0.15) is 0 Å². The highest BCUT2D eigenvalue weighted by molar-refractivity contribution is 5.85. The maximum Gasteiger partial charge on any atom is 0.172 e. The van der Waals surface area contributed by atoms with Gasteiger partial charge in [0.05, 0.1) is 0 Å². The molecular weight excluding hydrogens is 359 g/mol. The van der Waals surface area contributed by atoms with Gasteiger partial charge in [-0.15, -0.1) is 0 Å². The zero-order valence-electron chi connectivity index (χ0n) is 18.0. The molecule has 0 unspecified atom stereocenters. The molecule has 0 aliphatic heterocycles. The van der Waals surface area contributed by atoms with Crippen LogP contribution in [-0.4, -0.2) is 5.11 Å². The number of hydrogen-bond acceptors (Lipinski definition) is 1. The van der Waals surface area contributed by atoms with E-state index in [9.17, 15) is 9.50 Å². The van der Waals surface area contributed by atoms with Gasteiger partial charge in [-0.25, -0.2) is 4.39 Å². The van der Waals surface area contributed by atoms with E-state index < -0.39 is 5.82 Å². The van der Waals surface area contributed by atoms with Crippen LogP contribution < -0.4 is 0 Å². The SMILES string of the molecule is CCCCCC1CCC(C2CCC(c3ccc4c(F)c(O)ccc4c3)CC2)CC1. The van der Waals surface area contributed by atoms with Crippen molar-refractivity contribution in [2.45, 2.75) is 89.9 Å². The lowest BCUT2D eigenvalue weighted by atomic mass is 9.68. The number of halogens is 1. The van der Waals surface area contributed by atoms with Crippen LogP contribution in [0.1, 0.15) is 95.5 Å². The number of unbranched alkanes of at least 4 members (excludes halogenated alkanes) is 2. The fourth-order valence-electron chi connectivity index (χ4n) is 6.11. The fraction of sp³-hybridized carbons (Fsp3) is 0.630. The number of aromatic hydroxyl groups is 1. The Balaban J connectivity index is 1.30. The van der Waals surface area contributed by atoms with E-state index in [0.717, 1.165) is 23.1 Å². The largest absolute Gasteiger partial charge is 0.505 e. The summed E-state index contributed by atoms with van der Waals surface area (Å²) in [5.41, 5.74) is 1.35. The molecule has 158 valence electrons. The first-order valence-corrected chi connectivity index (χ1v) is 12.1. The van der Waals surface area contributed by atoms with Gasteiger partial charge in [0.15, 0.2) is 11.6 Å². The lowest BCUT2D eigenvalue weighted by molar-refractivity contribution is 0.155. The molecule has 0 spiro atoms. The molecule has 1 N–H and O–H groups in total. The van der Waals surface area contributed by atoms with Gasteiger partial charge in [-0.05, 0) is 79.2 Å².